The van der Waals surface area contributed by atoms with Gasteiger partial charge in [0, 0.05) is 17.8 Å². The van der Waals surface area contributed by atoms with Gasteiger partial charge in [-0.15, -0.1) is 0 Å². The summed E-state index contributed by atoms with van der Waals surface area (Å²) < 4.78 is 32.0. The quantitative estimate of drug-likeness (QED) is 0.632. The number of ether oxygens (including phenoxy) is 1. The molecule has 0 saturated heterocycles. The largest absolute Gasteiger partial charge is 0.374 e. The van der Waals surface area contributed by atoms with E-state index in [1.54, 1.807) is 25.1 Å². The van der Waals surface area contributed by atoms with E-state index >= 15 is 0 Å². The zero-order valence-electron chi connectivity index (χ0n) is 16.6. The molecular formula is C21H28N2O4S. The molecule has 0 atom stereocenters. The van der Waals surface area contributed by atoms with Crippen molar-refractivity contribution in [3.05, 3.63) is 65.2 Å². The van der Waals surface area contributed by atoms with Crippen LogP contribution in [-0.4, -0.2) is 26.2 Å². The van der Waals surface area contributed by atoms with E-state index in [9.17, 15) is 13.2 Å². The lowest BCUT2D eigenvalue weighted by molar-refractivity contribution is 0.0651. The number of carbonyl (C=O) groups is 1. The van der Waals surface area contributed by atoms with Crippen LogP contribution in [0.15, 0.2) is 48.5 Å². The fourth-order valence-corrected chi connectivity index (χ4v) is 3.75. The van der Waals surface area contributed by atoms with Crippen molar-refractivity contribution in [3.63, 3.8) is 0 Å². The summed E-state index contributed by atoms with van der Waals surface area (Å²) in [6.45, 7) is 6.60. The molecule has 2 aromatic rings. The third-order valence-electron chi connectivity index (χ3n) is 4.00. The van der Waals surface area contributed by atoms with Gasteiger partial charge in [-0.2, -0.15) is 0 Å². The van der Waals surface area contributed by atoms with Crippen molar-refractivity contribution in [1.29, 1.82) is 0 Å². The number of benzene rings is 2. The van der Waals surface area contributed by atoms with Gasteiger partial charge in [-0.25, -0.2) is 8.42 Å². The minimum absolute atomic E-state index is 0.0403. The molecule has 0 spiro atoms. The van der Waals surface area contributed by atoms with Crippen molar-refractivity contribution < 1.29 is 17.9 Å². The van der Waals surface area contributed by atoms with E-state index in [0.29, 0.717) is 30.8 Å². The number of sulfonamides is 1. The predicted octanol–water partition coefficient (Wildman–Crippen LogP) is 3.69. The topological polar surface area (TPSA) is 84.5 Å². The Morgan fingerprint density at radius 1 is 1.07 bits per heavy atom. The molecule has 152 valence electrons. The monoisotopic (exact) mass is 404 g/mol. The van der Waals surface area contributed by atoms with Gasteiger partial charge >= 0.3 is 0 Å². The van der Waals surface area contributed by atoms with Gasteiger partial charge in [0.2, 0.25) is 10.0 Å². The smallest absolute Gasteiger partial charge is 0.251 e. The van der Waals surface area contributed by atoms with Crippen LogP contribution in [-0.2, 0) is 27.9 Å². The highest BCUT2D eigenvalue weighted by atomic mass is 32.2. The highest BCUT2D eigenvalue weighted by Gasteiger charge is 2.12. The second-order valence-corrected chi connectivity index (χ2v) is 8.65. The van der Waals surface area contributed by atoms with Crippen LogP contribution in [0.5, 0.6) is 0 Å². The Kier molecular flexibility index (Phi) is 8.02. The normalized spacial score (nSPS) is 11.4. The van der Waals surface area contributed by atoms with Gasteiger partial charge in [-0.05, 0) is 49.6 Å². The number of amides is 1. The van der Waals surface area contributed by atoms with Gasteiger partial charge in [0.15, 0.2) is 0 Å². The summed E-state index contributed by atoms with van der Waals surface area (Å²) in [5.74, 6) is -0.227. The number of rotatable bonds is 10. The molecule has 0 aliphatic heterocycles. The first-order valence-electron chi connectivity index (χ1n) is 9.38. The van der Waals surface area contributed by atoms with Crippen molar-refractivity contribution in [2.75, 3.05) is 10.5 Å². The van der Waals surface area contributed by atoms with Crippen LogP contribution in [0.4, 0.5) is 5.69 Å². The number of hydrogen-bond acceptors (Lipinski definition) is 4. The maximum absolute atomic E-state index is 12.5. The zero-order chi connectivity index (χ0) is 20.6. The molecular weight excluding hydrogens is 376 g/mol. The van der Waals surface area contributed by atoms with Gasteiger partial charge in [-0.3, -0.25) is 9.52 Å². The van der Waals surface area contributed by atoms with Crippen molar-refractivity contribution in [2.45, 2.75) is 46.4 Å². The summed E-state index contributed by atoms with van der Waals surface area (Å²) in [5, 5.41) is 2.89. The Balaban J connectivity index is 2.03. The fraction of sp³-hybridized carbons (Fsp3) is 0.381. The van der Waals surface area contributed by atoms with E-state index in [0.717, 1.165) is 11.1 Å². The summed E-state index contributed by atoms with van der Waals surface area (Å²) in [6.07, 6.45) is 0.650. The van der Waals surface area contributed by atoms with Crippen LogP contribution in [0.25, 0.3) is 0 Å². The van der Waals surface area contributed by atoms with Crippen molar-refractivity contribution >= 4 is 21.6 Å². The lowest BCUT2D eigenvalue weighted by Gasteiger charge is -2.13. The molecule has 0 fully saturated rings. The Hall–Kier alpha value is -2.38. The molecule has 0 heterocycles. The Bertz CT molecular complexity index is 895. The fourth-order valence-electron chi connectivity index (χ4n) is 2.63. The van der Waals surface area contributed by atoms with E-state index in [1.165, 1.54) is 6.07 Å². The number of carbonyl (C=O) groups excluding carboxylic acids is 1. The van der Waals surface area contributed by atoms with Crippen LogP contribution < -0.4 is 10.0 Å². The number of nitrogens with one attached hydrogen (secondary N) is 2. The molecule has 2 N–H and O–H groups in total. The maximum atomic E-state index is 12.5. The molecule has 0 unspecified atom stereocenters. The zero-order valence-corrected chi connectivity index (χ0v) is 17.4. The molecule has 2 aromatic carbocycles. The second kappa shape index (κ2) is 10.2. The van der Waals surface area contributed by atoms with Gasteiger partial charge in [-0.1, -0.05) is 37.3 Å². The van der Waals surface area contributed by atoms with E-state index in [1.807, 2.05) is 38.1 Å². The van der Waals surface area contributed by atoms with Crippen LogP contribution in [0.3, 0.4) is 0 Å². The van der Waals surface area contributed by atoms with E-state index in [2.05, 4.69) is 10.0 Å². The molecule has 1 amide bonds. The van der Waals surface area contributed by atoms with Gasteiger partial charge in [0.05, 0.1) is 18.5 Å². The molecule has 0 aliphatic rings. The van der Waals surface area contributed by atoms with Crippen LogP contribution in [0, 0.1) is 0 Å². The minimum atomic E-state index is -3.40. The highest BCUT2D eigenvalue weighted by Crippen LogP contribution is 2.14. The van der Waals surface area contributed by atoms with Crippen LogP contribution >= 0.6 is 0 Å². The van der Waals surface area contributed by atoms with Gasteiger partial charge in [0.1, 0.15) is 0 Å². The van der Waals surface area contributed by atoms with Crippen molar-refractivity contribution in [2.24, 2.45) is 0 Å². The number of hydrogen-bond donors (Lipinski definition) is 2. The Morgan fingerprint density at radius 3 is 2.46 bits per heavy atom. The van der Waals surface area contributed by atoms with E-state index < -0.39 is 10.0 Å². The van der Waals surface area contributed by atoms with E-state index in [-0.39, 0.29) is 17.8 Å². The minimum Gasteiger partial charge on any atom is -0.374 e. The number of anilines is 1. The lowest BCUT2D eigenvalue weighted by atomic mass is 10.1. The molecule has 7 heteroatoms. The first kappa shape index (κ1) is 21.9. The highest BCUT2D eigenvalue weighted by molar-refractivity contribution is 7.92. The lowest BCUT2D eigenvalue weighted by Crippen LogP contribution is -2.24. The molecule has 0 aliphatic carbocycles. The Morgan fingerprint density at radius 2 is 1.79 bits per heavy atom. The van der Waals surface area contributed by atoms with Crippen molar-refractivity contribution in [3.8, 4) is 0 Å². The molecule has 0 aromatic heterocycles. The standard InChI is InChI=1S/C21H28N2O4S/c1-4-12-28(25,26)23-20-11-7-10-17(13-20)21(24)22-14-18-8-5-6-9-19(18)15-27-16(2)3/h5-11,13,16,23H,4,12,14-15H2,1-3H3,(H,22,24). The van der Waals surface area contributed by atoms with Gasteiger partial charge in [0.25, 0.3) is 5.91 Å². The van der Waals surface area contributed by atoms with Crippen LogP contribution in [0.1, 0.15) is 48.7 Å². The summed E-state index contributed by atoms with van der Waals surface area (Å²) in [6, 6.07) is 14.3. The third kappa shape index (κ3) is 6.98. The maximum Gasteiger partial charge on any atom is 0.251 e. The molecule has 0 radical (unpaired) electrons. The second-order valence-electron chi connectivity index (χ2n) is 6.81. The molecule has 0 saturated carbocycles. The van der Waals surface area contributed by atoms with Gasteiger partial charge < -0.3 is 10.1 Å². The first-order chi connectivity index (χ1) is 13.3. The predicted molar refractivity (Wildman–Crippen MR) is 112 cm³/mol. The third-order valence-corrected chi connectivity index (χ3v) is 5.49. The molecule has 28 heavy (non-hydrogen) atoms. The van der Waals surface area contributed by atoms with Crippen molar-refractivity contribution in [1.82, 2.24) is 5.32 Å². The summed E-state index contributed by atoms with van der Waals surface area (Å²) >= 11 is 0. The van der Waals surface area contributed by atoms with Crippen LogP contribution in [0.2, 0.25) is 0 Å². The summed E-state index contributed by atoms with van der Waals surface area (Å²) in [7, 11) is -3.40. The molecule has 6 nitrogen and oxygen atoms in total. The molecule has 0 bridgehead atoms. The molecule has 2 rings (SSSR count). The average Bonchev–Trinajstić information content (AvgIpc) is 2.64. The summed E-state index contributed by atoms with van der Waals surface area (Å²) in [5.41, 5.74) is 2.79. The first-order valence-corrected chi connectivity index (χ1v) is 11.0. The SMILES string of the molecule is CCCS(=O)(=O)Nc1cccc(C(=O)NCc2ccccc2COC(C)C)c1. The summed E-state index contributed by atoms with van der Waals surface area (Å²) in [4.78, 5) is 12.5. The Labute approximate surface area is 167 Å². The average molecular weight is 405 g/mol. The van der Waals surface area contributed by atoms with E-state index in [4.69, 9.17) is 4.74 Å².